The molecule has 2 unspecified atom stereocenters. The molecule has 0 aliphatic heterocycles. The van der Waals surface area contributed by atoms with Crippen LogP contribution in [0.15, 0.2) is 0 Å². The lowest BCUT2D eigenvalue weighted by Crippen LogP contribution is -2.44. The van der Waals surface area contributed by atoms with Gasteiger partial charge in [-0.2, -0.15) is 0 Å². The lowest BCUT2D eigenvalue weighted by molar-refractivity contribution is -0.129. The number of carbonyl (C=O) groups excluding carboxylic acids is 3. The first-order chi connectivity index (χ1) is 14.5. The van der Waals surface area contributed by atoms with Crippen LogP contribution in [0.4, 0.5) is 0 Å². The second kappa shape index (κ2) is 15.7. The molecular weight excluding hydrogens is 396 g/mol. The Balaban J connectivity index is 4.06. The summed E-state index contributed by atoms with van der Waals surface area (Å²) in [6, 6.07) is -0.153. The summed E-state index contributed by atoms with van der Waals surface area (Å²) >= 11 is 0. The zero-order valence-corrected chi connectivity index (χ0v) is 19.9. The van der Waals surface area contributed by atoms with E-state index in [0.717, 1.165) is 12.8 Å². The standard InChI is InChI=1S/C23H42N4O4/c1-7-8-12-20(28)25-15-13-23(5,6)31-16-18(4)22(30)26-14-10-9-11-19(21(24)29)27-17(2)3/h1,17-19,27H,8-16H2,2-6H3,(H2,24,29)(H,25,28)(H,26,30). The molecule has 0 fully saturated rings. The Labute approximate surface area is 187 Å². The predicted molar refractivity (Wildman–Crippen MR) is 123 cm³/mol. The van der Waals surface area contributed by atoms with Crippen LogP contribution in [0.5, 0.6) is 0 Å². The average molecular weight is 439 g/mol. The lowest BCUT2D eigenvalue weighted by Gasteiger charge is -2.27. The third-order valence-corrected chi connectivity index (χ3v) is 4.81. The number of ether oxygens (including phenoxy) is 1. The van der Waals surface area contributed by atoms with E-state index in [-0.39, 0.29) is 35.7 Å². The first kappa shape index (κ1) is 28.9. The van der Waals surface area contributed by atoms with E-state index in [1.54, 1.807) is 0 Å². The van der Waals surface area contributed by atoms with Crippen molar-refractivity contribution >= 4 is 17.7 Å². The van der Waals surface area contributed by atoms with Crippen molar-refractivity contribution in [2.24, 2.45) is 11.7 Å². The molecule has 8 nitrogen and oxygen atoms in total. The highest BCUT2D eigenvalue weighted by Crippen LogP contribution is 2.15. The Hall–Kier alpha value is -2.11. The number of primary amides is 1. The summed E-state index contributed by atoms with van der Waals surface area (Å²) in [6.07, 6.45) is 8.75. The van der Waals surface area contributed by atoms with Crippen LogP contribution >= 0.6 is 0 Å². The molecule has 0 rings (SSSR count). The summed E-state index contributed by atoms with van der Waals surface area (Å²) in [5.74, 6) is 1.67. The van der Waals surface area contributed by atoms with Gasteiger partial charge in [-0.15, -0.1) is 12.3 Å². The van der Waals surface area contributed by atoms with Gasteiger partial charge in [-0.25, -0.2) is 0 Å². The van der Waals surface area contributed by atoms with E-state index >= 15 is 0 Å². The Morgan fingerprint density at radius 2 is 1.77 bits per heavy atom. The normalized spacial score (nSPS) is 13.3. The summed E-state index contributed by atoms with van der Waals surface area (Å²) in [5.41, 5.74) is 4.95. The number of unbranched alkanes of at least 4 members (excludes halogenated alkanes) is 1. The van der Waals surface area contributed by atoms with Gasteiger partial charge in [0.1, 0.15) is 0 Å². The van der Waals surface area contributed by atoms with Gasteiger partial charge in [-0.1, -0.05) is 20.8 Å². The molecule has 0 aliphatic carbocycles. The molecule has 0 saturated heterocycles. The summed E-state index contributed by atoms with van der Waals surface area (Å²) < 4.78 is 5.89. The topological polar surface area (TPSA) is 123 Å². The number of carbonyl (C=O) groups is 3. The number of rotatable bonds is 17. The van der Waals surface area contributed by atoms with Gasteiger partial charge >= 0.3 is 0 Å². The Morgan fingerprint density at radius 3 is 2.35 bits per heavy atom. The van der Waals surface area contributed by atoms with Crippen molar-refractivity contribution in [2.75, 3.05) is 19.7 Å². The number of amides is 3. The monoisotopic (exact) mass is 438 g/mol. The molecule has 178 valence electrons. The molecule has 31 heavy (non-hydrogen) atoms. The third-order valence-electron chi connectivity index (χ3n) is 4.81. The molecule has 0 radical (unpaired) electrons. The minimum Gasteiger partial charge on any atom is -0.375 e. The molecule has 5 N–H and O–H groups in total. The number of nitrogens with one attached hydrogen (secondary N) is 3. The molecular formula is C23H42N4O4. The van der Waals surface area contributed by atoms with Crippen molar-refractivity contribution in [1.29, 1.82) is 0 Å². The van der Waals surface area contributed by atoms with Crippen molar-refractivity contribution in [2.45, 2.75) is 90.8 Å². The van der Waals surface area contributed by atoms with Crippen molar-refractivity contribution in [3.05, 3.63) is 0 Å². The molecule has 0 aromatic heterocycles. The number of terminal acetylenes is 1. The van der Waals surface area contributed by atoms with E-state index in [9.17, 15) is 14.4 Å². The summed E-state index contributed by atoms with van der Waals surface area (Å²) in [5, 5.41) is 8.88. The zero-order valence-electron chi connectivity index (χ0n) is 19.9. The van der Waals surface area contributed by atoms with Gasteiger partial charge in [-0.3, -0.25) is 14.4 Å². The van der Waals surface area contributed by atoms with E-state index in [0.29, 0.717) is 45.4 Å². The van der Waals surface area contributed by atoms with Crippen LogP contribution in [0.1, 0.15) is 73.1 Å². The highest BCUT2D eigenvalue weighted by molar-refractivity contribution is 5.80. The molecule has 8 heteroatoms. The first-order valence-corrected chi connectivity index (χ1v) is 11.2. The van der Waals surface area contributed by atoms with Gasteiger partial charge in [0.2, 0.25) is 17.7 Å². The maximum Gasteiger partial charge on any atom is 0.234 e. The van der Waals surface area contributed by atoms with E-state index in [1.807, 2.05) is 34.6 Å². The van der Waals surface area contributed by atoms with Crippen molar-refractivity contribution in [1.82, 2.24) is 16.0 Å². The van der Waals surface area contributed by atoms with Crippen LogP contribution in [-0.2, 0) is 19.1 Å². The van der Waals surface area contributed by atoms with Crippen LogP contribution in [0.25, 0.3) is 0 Å². The van der Waals surface area contributed by atoms with E-state index in [1.165, 1.54) is 0 Å². The second-order valence-electron chi connectivity index (χ2n) is 8.84. The lowest BCUT2D eigenvalue weighted by atomic mass is 10.0. The fraction of sp³-hybridized carbons (Fsp3) is 0.783. The fourth-order valence-corrected chi connectivity index (χ4v) is 2.84. The Kier molecular flexibility index (Phi) is 14.6. The SMILES string of the molecule is C#CCCC(=O)NCCC(C)(C)OCC(C)C(=O)NCCCCC(NC(C)C)C(N)=O. The first-order valence-electron chi connectivity index (χ1n) is 11.2. The van der Waals surface area contributed by atoms with Crippen molar-refractivity contribution in [3.63, 3.8) is 0 Å². The maximum atomic E-state index is 12.3. The van der Waals surface area contributed by atoms with Gasteiger partial charge in [0.05, 0.1) is 24.2 Å². The van der Waals surface area contributed by atoms with E-state index in [4.69, 9.17) is 16.9 Å². The highest BCUT2D eigenvalue weighted by Gasteiger charge is 2.22. The van der Waals surface area contributed by atoms with Gasteiger partial charge in [-0.05, 0) is 39.5 Å². The molecule has 0 bridgehead atoms. The number of hydrogen-bond acceptors (Lipinski definition) is 5. The van der Waals surface area contributed by atoms with Crippen molar-refractivity contribution in [3.8, 4) is 12.3 Å². The van der Waals surface area contributed by atoms with E-state index in [2.05, 4.69) is 21.9 Å². The van der Waals surface area contributed by atoms with Crippen LogP contribution < -0.4 is 21.7 Å². The van der Waals surface area contributed by atoms with Gasteiger partial charge < -0.3 is 26.4 Å². The summed E-state index contributed by atoms with van der Waals surface area (Å²) in [6.45, 7) is 11.0. The van der Waals surface area contributed by atoms with Crippen molar-refractivity contribution < 1.29 is 19.1 Å². The molecule has 0 spiro atoms. The molecule has 0 aromatic rings. The Morgan fingerprint density at radius 1 is 1.10 bits per heavy atom. The predicted octanol–water partition coefficient (Wildman–Crippen LogP) is 1.48. The van der Waals surface area contributed by atoms with Gasteiger partial charge in [0, 0.05) is 32.0 Å². The second-order valence-corrected chi connectivity index (χ2v) is 8.84. The van der Waals surface area contributed by atoms with Crippen LogP contribution in [0.2, 0.25) is 0 Å². The molecule has 0 heterocycles. The quantitative estimate of drug-likeness (QED) is 0.202. The summed E-state index contributed by atoms with van der Waals surface area (Å²) in [7, 11) is 0. The van der Waals surface area contributed by atoms with Crippen LogP contribution in [-0.4, -0.2) is 55.1 Å². The van der Waals surface area contributed by atoms with Crippen LogP contribution in [0, 0.1) is 18.3 Å². The third kappa shape index (κ3) is 15.4. The fourth-order valence-electron chi connectivity index (χ4n) is 2.84. The molecule has 0 aliphatic rings. The summed E-state index contributed by atoms with van der Waals surface area (Å²) in [4.78, 5) is 35.3. The number of hydrogen-bond donors (Lipinski definition) is 4. The zero-order chi connectivity index (χ0) is 23.9. The minimum atomic E-state index is -0.457. The van der Waals surface area contributed by atoms with Crippen LogP contribution in [0.3, 0.4) is 0 Å². The van der Waals surface area contributed by atoms with E-state index < -0.39 is 5.60 Å². The Bertz CT molecular complexity index is 599. The average Bonchev–Trinajstić information content (AvgIpc) is 2.68. The highest BCUT2D eigenvalue weighted by atomic mass is 16.5. The largest absolute Gasteiger partial charge is 0.375 e. The molecule has 3 amide bonds. The molecule has 2 atom stereocenters. The number of nitrogens with two attached hydrogens (primary N) is 1. The maximum absolute atomic E-state index is 12.3. The molecule has 0 aromatic carbocycles. The smallest absolute Gasteiger partial charge is 0.234 e. The van der Waals surface area contributed by atoms with Gasteiger partial charge in [0.15, 0.2) is 0 Å². The molecule has 0 saturated carbocycles. The van der Waals surface area contributed by atoms with Gasteiger partial charge in [0.25, 0.3) is 0 Å². The minimum absolute atomic E-state index is 0.0647.